The third-order valence-electron chi connectivity index (χ3n) is 8.07. The van der Waals surface area contributed by atoms with E-state index in [1.54, 1.807) is 12.1 Å². The number of fused-ring (bicyclic) bond motifs is 1. The Balaban J connectivity index is 1.17. The maximum atomic E-state index is 14.2. The maximum Gasteiger partial charge on any atom is 0.307 e. The number of halogens is 1. The van der Waals surface area contributed by atoms with Crippen LogP contribution in [-0.2, 0) is 30.9 Å². The Morgan fingerprint density at radius 1 is 1.02 bits per heavy atom. The Hall–Kier alpha value is -5.00. The number of aryl methyl sites for hydroxylation is 1. The van der Waals surface area contributed by atoms with Gasteiger partial charge in [0.25, 0.3) is 0 Å². The lowest BCUT2D eigenvalue weighted by atomic mass is 10.1. The average molecular weight is 625 g/mol. The highest BCUT2D eigenvalue weighted by Gasteiger charge is 2.23. The van der Waals surface area contributed by atoms with Crippen LogP contribution in [0.1, 0.15) is 67.6 Å². The van der Waals surface area contributed by atoms with E-state index in [2.05, 4.69) is 20.5 Å². The number of piperidine rings is 1. The summed E-state index contributed by atoms with van der Waals surface area (Å²) >= 11 is 0. The van der Waals surface area contributed by atoms with Crippen LogP contribution >= 0.6 is 0 Å². The normalized spacial score (nSPS) is 13.7. The number of hydrogen-bond acceptors (Lipinski definition) is 8. The van der Waals surface area contributed by atoms with Gasteiger partial charge >= 0.3 is 5.97 Å². The minimum absolute atomic E-state index is 0.00157. The summed E-state index contributed by atoms with van der Waals surface area (Å²) in [5.41, 5.74) is 3.41. The summed E-state index contributed by atoms with van der Waals surface area (Å²) in [6.45, 7) is 3.19. The molecule has 0 spiro atoms. The van der Waals surface area contributed by atoms with Crippen molar-refractivity contribution in [2.45, 2.75) is 77.2 Å². The first-order valence-electron chi connectivity index (χ1n) is 15.7. The number of unbranched alkanes of at least 4 members (excludes halogenated alkanes) is 4. The smallest absolute Gasteiger partial charge is 0.307 e. The molecule has 3 heterocycles. The largest absolute Gasteiger partial charge is 0.484 e. The highest BCUT2D eigenvalue weighted by molar-refractivity contribution is 5.79. The fourth-order valence-electron chi connectivity index (χ4n) is 5.70. The second-order valence-electron chi connectivity index (χ2n) is 11.5. The molecule has 10 nitrogen and oxygen atoms in total. The molecule has 0 aliphatic carbocycles. The van der Waals surface area contributed by atoms with Crippen molar-refractivity contribution in [3.05, 3.63) is 83.1 Å². The molecule has 1 aliphatic rings. The first-order valence-corrected chi connectivity index (χ1v) is 15.7. The number of carboxylic acids is 1. The average Bonchev–Trinajstić information content (AvgIpc) is 3.38. The van der Waals surface area contributed by atoms with E-state index in [1.165, 1.54) is 12.1 Å². The number of nitriles is 2. The lowest BCUT2D eigenvalue weighted by Crippen LogP contribution is -2.38. The molecule has 46 heavy (non-hydrogen) atoms. The number of hydrogen-bond donors (Lipinski definition) is 1. The molecule has 4 aromatic rings. The predicted molar refractivity (Wildman–Crippen MR) is 168 cm³/mol. The van der Waals surface area contributed by atoms with Gasteiger partial charge in [-0.3, -0.25) is 9.69 Å². The van der Waals surface area contributed by atoms with Crippen LogP contribution < -0.4 is 9.47 Å². The number of benzene rings is 2. The highest BCUT2D eigenvalue weighted by Crippen LogP contribution is 2.24. The van der Waals surface area contributed by atoms with Crippen LogP contribution in [0.3, 0.4) is 0 Å². The summed E-state index contributed by atoms with van der Waals surface area (Å²) in [6, 6.07) is 19.3. The number of pyridine rings is 1. The van der Waals surface area contributed by atoms with Gasteiger partial charge < -0.3 is 19.1 Å². The van der Waals surface area contributed by atoms with Crippen molar-refractivity contribution in [2.24, 2.45) is 0 Å². The van der Waals surface area contributed by atoms with Crippen LogP contribution in [0.15, 0.2) is 54.6 Å². The lowest BCUT2D eigenvalue weighted by molar-refractivity contribution is -0.136. The van der Waals surface area contributed by atoms with Crippen molar-refractivity contribution in [3.8, 4) is 23.8 Å². The first-order chi connectivity index (χ1) is 22.4. The van der Waals surface area contributed by atoms with Crippen molar-refractivity contribution in [2.75, 3.05) is 13.1 Å². The molecule has 2 aromatic heterocycles. The highest BCUT2D eigenvalue weighted by atomic mass is 19.1. The van der Waals surface area contributed by atoms with Crippen LogP contribution in [0.25, 0.3) is 11.0 Å². The summed E-state index contributed by atoms with van der Waals surface area (Å²) in [5, 5.41) is 27.0. The number of nitrogens with zero attached hydrogens (tertiary/aromatic N) is 6. The van der Waals surface area contributed by atoms with E-state index in [0.29, 0.717) is 24.5 Å². The van der Waals surface area contributed by atoms with E-state index in [-0.39, 0.29) is 30.4 Å². The van der Waals surface area contributed by atoms with Gasteiger partial charge in [0.15, 0.2) is 11.6 Å². The molecule has 0 amide bonds. The molecule has 11 heteroatoms. The molecule has 0 bridgehead atoms. The van der Waals surface area contributed by atoms with Gasteiger partial charge in [-0.2, -0.15) is 10.5 Å². The standard InChI is InChI=1S/C35H37FN6O4/c36-29-19-26(22-38)10-12-32(29)45-24-27-7-6-8-34(39-27)46-28-13-17-41(18-14-28)23-33-40-30-11-9-25(21-35(43)44)20-31(30)42(33)16-5-3-1-2-4-15-37/h6-12,19-20,28H,1-5,13-14,16-18,21,23-24H2,(H,43,44). The predicted octanol–water partition coefficient (Wildman–Crippen LogP) is 6.17. The summed E-state index contributed by atoms with van der Waals surface area (Å²) in [5.74, 6) is 0.0653. The van der Waals surface area contributed by atoms with Crippen LogP contribution in [0.4, 0.5) is 4.39 Å². The zero-order valence-corrected chi connectivity index (χ0v) is 25.7. The van der Waals surface area contributed by atoms with Crippen molar-refractivity contribution >= 4 is 17.0 Å². The lowest BCUT2D eigenvalue weighted by Gasteiger charge is -2.31. The van der Waals surface area contributed by atoms with Gasteiger partial charge in [-0.1, -0.05) is 25.0 Å². The number of likely N-dealkylation sites (tertiary alicyclic amines) is 1. The molecule has 1 fully saturated rings. The molecule has 2 aromatic carbocycles. The quantitative estimate of drug-likeness (QED) is 0.154. The van der Waals surface area contributed by atoms with Gasteiger partial charge in [-0.05, 0) is 67.6 Å². The summed E-state index contributed by atoms with van der Waals surface area (Å²) < 4.78 is 28.2. The number of carboxylic acid groups (broad SMARTS) is 1. The fourth-order valence-corrected chi connectivity index (χ4v) is 5.70. The van der Waals surface area contributed by atoms with Gasteiger partial charge in [0.05, 0.1) is 47.4 Å². The summed E-state index contributed by atoms with van der Waals surface area (Å²) in [7, 11) is 0. The van der Waals surface area contributed by atoms with Crippen molar-refractivity contribution < 1.29 is 23.8 Å². The molecule has 0 radical (unpaired) electrons. The van der Waals surface area contributed by atoms with E-state index in [4.69, 9.17) is 25.0 Å². The number of aromatic nitrogens is 3. The molecule has 1 aliphatic heterocycles. The van der Waals surface area contributed by atoms with E-state index in [9.17, 15) is 14.3 Å². The molecule has 0 atom stereocenters. The van der Waals surface area contributed by atoms with E-state index in [0.717, 1.165) is 86.6 Å². The summed E-state index contributed by atoms with van der Waals surface area (Å²) in [6.07, 6.45) is 6.08. The Kier molecular flexibility index (Phi) is 11.1. The maximum absolute atomic E-state index is 14.2. The molecule has 1 N–H and O–H groups in total. The Labute approximate surface area is 267 Å². The third-order valence-corrected chi connectivity index (χ3v) is 8.07. The number of ether oxygens (including phenoxy) is 2. The molecule has 0 unspecified atom stereocenters. The minimum Gasteiger partial charge on any atom is -0.484 e. The van der Waals surface area contributed by atoms with Gasteiger partial charge in [-0.15, -0.1) is 0 Å². The van der Waals surface area contributed by atoms with Gasteiger partial charge in [-0.25, -0.2) is 14.4 Å². The Bertz CT molecular complexity index is 1740. The van der Waals surface area contributed by atoms with E-state index < -0.39 is 11.8 Å². The molecule has 0 saturated carbocycles. The summed E-state index contributed by atoms with van der Waals surface area (Å²) in [4.78, 5) is 23.2. The second kappa shape index (κ2) is 15.8. The topological polar surface area (TPSA) is 137 Å². The zero-order valence-electron chi connectivity index (χ0n) is 25.7. The number of carbonyl (C=O) groups is 1. The second-order valence-corrected chi connectivity index (χ2v) is 11.5. The van der Waals surface area contributed by atoms with Gasteiger partial charge in [0.2, 0.25) is 5.88 Å². The van der Waals surface area contributed by atoms with Gasteiger partial charge in [0, 0.05) is 32.1 Å². The van der Waals surface area contributed by atoms with Crippen LogP contribution in [0.5, 0.6) is 11.6 Å². The fraction of sp³-hybridized carbons (Fsp3) is 0.400. The van der Waals surface area contributed by atoms with Crippen LogP contribution in [-0.4, -0.2) is 49.7 Å². The van der Waals surface area contributed by atoms with Gasteiger partial charge in [0.1, 0.15) is 18.5 Å². The molecule has 1 saturated heterocycles. The van der Waals surface area contributed by atoms with Crippen LogP contribution in [0, 0.1) is 28.5 Å². The van der Waals surface area contributed by atoms with Crippen molar-refractivity contribution in [1.29, 1.82) is 10.5 Å². The van der Waals surface area contributed by atoms with Crippen molar-refractivity contribution in [1.82, 2.24) is 19.4 Å². The third kappa shape index (κ3) is 8.80. The zero-order chi connectivity index (χ0) is 32.3. The van der Waals surface area contributed by atoms with E-state index >= 15 is 0 Å². The first kappa shape index (κ1) is 32.4. The number of aliphatic carboxylic acids is 1. The number of imidazole rings is 1. The van der Waals surface area contributed by atoms with E-state index in [1.807, 2.05) is 30.3 Å². The molecular weight excluding hydrogens is 587 g/mol. The Morgan fingerprint density at radius 3 is 2.61 bits per heavy atom. The Morgan fingerprint density at radius 2 is 1.85 bits per heavy atom. The molecule has 238 valence electrons. The molecule has 5 rings (SSSR count). The SMILES string of the molecule is N#CCCCCCCn1c(CN2CCC(Oc3cccc(COc4ccc(C#N)cc4F)n3)CC2)nc2ccc(CC(=O)O)cc21. The van der Waals surface area contributed by atoms with Crippen molar-refractivity contribution in [3.63, 3.8) is 0 Å². The van der Waals surface area contributed by atoms with Crippen LogP contribution in [0.2, 0.25) is 0 Å². The number of rotatable bonds is 15. The minimum atomic E-state index is -0.859. The monoisotopic (exact) mass is 624 g/mol. The molecular formula is C35H37FN6O4.